The molecule has 0 aliphatic carbocycles. The number of nitrogens with one attached hydrogen (secondary N) is 1. The molecule has 0 spiro atoms. The lowest BCUT2D eigenvalue weighted by Gasteiger charge is -1.82. The van der Waals surface area contributed by atoms with E-state index in [0.717, 1.165) is 9.22 Å². The van der Waals surface area contributed by atoms with E-state index in [-0.39, 0.29) is 0 Å². The standard InChI is InChI=1S/C7H5IN2/c8-7-3-5-4-9-2-1-6(5)10-7/h1-4,10H. The van der Waals surface area contributed by atoms with Crippen LogP contribution in [-0.2, 0) is 0 Å². The van der Waals surface area contributed by atoms with Crippen molar-refractivity contribution in [1.29, 1.82) is 0 Å². The summed E-state index contributed by atoms with van der Waals surface area (Å²) < 4.78 is 1.15. The van der Waals surface area contributed by atoms with Gasteiger partial charge in [0.1, 0.15) is 0 Å². The highest BCUT2D eigenvalue weighted by Crippen LogP contribution is 2.13. The SMILES string of the molecule is Ic1cc2cnccc2[nH]1. The summed E-state index contributed by atoms with van der Waals surface area (Å²) in [5.41, 5.74) is 1.15. The summed E-state index contributed by atoms with van der Waals surface area (Å²) in [5.74, 6) is 0. The third kappa shape index (κ3) is 0.901. The van der Waals surface area contributed by atoms with E-state index in [1.807, 2.05) is 12.3 Å². The number of aromatic amines is 1. The van der Waals surface area contributed by atoms with Crippen LogP contribution >= 0.6 is 22.6 Å². The first-order valence-electron chi connectivity index (χ1n) is 2.94. The van der Waals surface area contributed by atoms with E-state index in [4.69, 9.17) is 0 Å². The van der Waals surface area contributed by atoms with Crippen LogP contribution < -0.4 is 0 Å². The van der Waals surface area contributed by atoms with Crippen molar-refractivity contribution in [3.63, 3.8) is 0 Å². The van der Waals surface area contributed by atoms with Crippen molar-refractivity contribution in [2.45, 2.75) is 0 Å². The number of hydrogen-bond acceptors (Lipinski definition) is 1. The summed E-state index contributed by atoms with van der Waals surface area (Å²) in [5, 5.41) is 1.17. The lowest BCUT2D eigenvalue weighted by molar-refractivity contribution is 1.35. The fourth-order valence-corrected chi connectivity index (χ4v) is 1.56. The van der Waals surface area contributed by atoms with Crippen molar-refractivity contribution in [2.75, 3.05) is 0 Å². The van der Waals surface area contributed by atoms with Crippen LogP contribution in [0.15, 0.2) is 24.5 Å². The number of H-pyrrole nitrogens is 1. The third-order valence-electron chi connectivity index (χ3n) is 1.39. The maximum atomic E-state index is 4.00. The van der Waals surface area contributed by atoms with Crippen molar-refractivity contribution in [3.05, 3.63) is 28.2 Å². The topological polar surface area (TPSA) is 28.7 Å². The summed E-state index contributed by atoms with van der Waals surface area (Å²) in [6, 6.07) is 4.04. The molecule has 3 heteroatoms. The molecule has 0 aliphatic rings. The van der Waals surface area contributed by atoms with Crippen molar-refractivity contribution in [3.8, 4) is 0 Å². The van der Waals surface area contributed by atoms with E-state index in [2.05, 4.69) is 38.6 Å². The quantitative estimate of drug-likeness (QED) is 0.707. The minimum Gasteiger partial charge on any atom is -0.350 e. The van der Waals surface area contributed by atoms with Gasteiger partial charge in [-0.25, -0.2) is 0 Å². The highest BCUT2D eigenvalue weighted by molar-refractivity contribution is 14.1. The van der Waals surface area contributed by atoms with Crippen LogP contribution in [0.25, 0.3) is 10.9 Å². The minimum absolute atomic E-state index is 1.15. The third-order valence-corrected chi connectivity index (χ3v) is 1.97. The Morgan fingerprint density at radius 2 is 2.40 bits per heavy atom. The van der Waals surface area contributed by atoms with Gasteiger partial charge in [-0.2, -0.15) is 0 Å². The number of rotatable bonds is 0. The van der Waals surface area contributed by atoms with E-state index in [1.165, 1.54) is 5.39 Å². The Labute approximate surface area is 71.8 Å². The van der Waals surface area contributed by atoms with Crippen LogP contribution in [0.4, 0.5) is 0 Å². The Morgan fingerprint density at radius 1 is 1.50 bits per heavy atom. The molecule has 0 aliphatic heterocycles. The Bertz CT molecular complexity index is 320. The molecule has 0 saturated heterocycles. The van der Waals surface area contributed by atoms with Gasteiger partial charge in [0.25, 0.3) is 0 Å². The van der Waals surface area contributed by atoms with Gasteiger partial charge >= 0.3 is 0 Å². The summed E-state index contributed by atoms with van der Waals surface area (Å²) >= 11 is 2.25. The highest BCUT2D eigenvalue weighted by Gasteiger charge is 1.94. The number of fused-ring (bicyclic) bond motifs is 1. The van der Waals surface area contributed by atoms with Gasteiger partial charge in [-0.1, -0.05) is 0 Å². The van der Waals surface area contributed by atoms with Crippen LogP contribution in [0.5, 0.6) is 0 Å². The molecule has 0 atom stereocenters. The van der Waals surface area contributed by atoms with Gasteiger partial charge in [-0.05, 0) is 34.7 Å². The van der Waals surface area contributed by atoms with Crippen molar-refractivity contribution < 1.29 is 0 Å². The summed E-state index contributed by atoms with van der Waals surface area (Å²) in [4.78, 5) is 7.21. The van der Waals surface area contributed by atoms with Crippen LogP contribution in [0.2, 0.25) is 0 Å². The molecule has 1 N–H and O–H groups in total. The van der Waals surface area contributed by atoms with Gasteiger partial charge < -0.3 is 4.98 Å². The van der Waals surface area contributed by atoms with E-state index < -0.39 is 0 Å². The minimum atomic E-state index is 1.15. The molecular weight excluding hydrogens is 239 g/mol. The molecule has 2 heterocycles. The molecule has 0 saturated carbocycles. The zero-order valence-corrected chi connectivity index (χ0v) is 7.29. The predicted molar refractivity (Wildman–Crippen MR) is 48.8 cm³/mol. The maximum Gasteiger partial charge on any atom is 0.0783 e. The van der Waals surface area contributed by atoms with E-state index in [0.29, 0.717) is 0 Å². The zero-order valence-electron chi connectivity index (χ0n) is 5.13. The van der Waals surface area contributed by atoms with Crippen LogP contribution in [0.3, 0.4) is 0 Å². The molecular formula is C7H5IN2. The van der Waals surface area contributed by atoms with Crippen molar-refractivity contribution in [1.82, 2.24) is 9.97 Å². The average Bonchev–Trinajstić information content (AvgIpc) is 2.27. The summed E-state index contributed by atoms with van der Waals surface area (Å²) in [7, 11) is 0. The van der Waals surface area contributed by atoms with Gasteiger partial charge in [0, 0.05) is 23.3 Å². The van der Waals surface area contributed by atoms with E-state index >= 15 is 0 Å². The van der Waals surface area contributed by atoms with Gasteiger partial charge in [0.2, 0.25) is 0 Å². The molecule has 2 aromatic heterocycles. The molecule has 0 fully saturated rings. The second-order valence-electron chi connectivity index (χ2n) is 2.08. The first-order valence-corrected chi connectivity index (χ1v) is 4.02. The molecule has 0 unspecified atom stereocenters. The van der Waals surface area contributed by atoms with E-state index in [1.54, 1.807) is 6.20 Å². The maximum absolute atomic E-state index is 4.00. The molecule has 0 amide bonds. The summed E-state index contributed by atoms with van der Waals surface area (Å²) in [6.45, 7) is 0. The fraction of sp³-hybridized carbons (Fsp3) is 0. The van der Waals surface area contributed by atoms with Gasteiger partial charge in [-0.15, -0.1) is 0 Å². The summed E-state index contributed by atoms with van der Waals surface area (Å²) in [6.07, 6.45) is 3.64. The normalized spacial score (nSPS) is 10.5. The largest absolute Gasteiger partial charge is 0.350 e. The predicted octanol–water partition coefficient (Wildman–Crippen LogP) is 2.17. The van der Waals surface area contributed by atoms with Gasteiger partial charge in [0.15, 0.2) is 0 Å². The van der Waals surface area contributed by atoms with Crippen molar-refractivity contribution >= 4 is 33.5 Å². The van der Waals surface area contributed by atoms with Gasteiger partial charge in [-0.3, -0.25) is 4.98 Å². The first-order chi connectivity index (χ1) is 4.86. The molecule has 2 rings (SSSR count). The lowest BCUT2D eigenvalue weighted by atomic mass is 10.3. The average molecular weight is 244 g/mol. The number of nitrogens with zero attached hydrogens (tertiary/aromatic N) is 1. The Balaban J connectivity index is 2.88. The van der Waals surface area contributed by atoms with Crippen LogP contribution in [-0.4, -0.2) is 9.97 Å². The Kier molecular flexibility index (Phi) is 1.37. The molecule has 10 heavy (non-hydrogen) atoms. The molecule has 50 valence electrons. The number of pyridine rings is 1. The van der Waals surface area contributed by atoms with Crippen LogP contribution in [0, 0.1) is 3.70 Å². The smallest absolute Gasteiger partial charge is 0.0783 e. The molecule has 0 bridgehead atoms. The second kappa shape index (κ2) is 2.23. The van der Waals surface area contributed by atoms with Crippen molar-refractivity contribution in [2.24, 2.45) is 0 Å². The number of aromatic nitrogens is 2. The molecule has 0 radical (unpaired) electrons. The molecule has 2 aromatic rings. The van der Waals surface area contributed by atoms with Gasteiger partial charge in [0.05, 0.1) is 3.70 Å². The lowest BCUT2D eigenvalue weighted by Crippen LogP contribution is -1.68. The Hall–Kier alpha value is -0.580. The van der Waals surface area contributed by atoms with E-state index in [9.17, 15) is 0 Å². The Morgan fingerprint density at radius 3 is 3.20 bits per heavy atom. The highest BCUT2D eigenvalue weighted by atomic mass is 127. The number of halogens is 1. The molecule has 0 aromatic carbocycles. The number of hydrogen-bond donors (Lipinski definition) is 1. The molecule has 2 nitrogen and oxygen atoms in total. The fourth-order valence-electron chi connectivity index (χ4n) is 0.937. The second-order valence-corrected chi connectivity index (χ2v) is 3.24. The monoisotopic (exact) mass is 244 g/mol. The first kappa shape index (κ1) is 6.15. The van der Waals surface area contributed by atoms with Crippen LogP contribution in [0.1, 0.15) is 0 Å². The zero-order chi connectivity index (χ0) is 6.97.